The van der Waals surface area contributed by atoms with Gasteiger partial charge < -0.3 is 5.32 Å². The molecule has 1 nitrogen and oxygen atoms in total. The van der Waals surface area contributed by atoms with Crippen molar-refractivity contribution < 1.29 is 4.39 Å². The summed E-state index contributed by atoms with van der Waals surface area (Å²) in [5.41, 5.74) is 1.43. The highest BCUT2D eigenvalue weighted by Gasteiger charge is 2.38. The number of nitrogens with one attached hydrogen (secondary N) is 1. The molecule has 1 fully saturated rings. The number of rotatable bonds is 3. The van der Waals surface area contributed by atoms with Crippen LogP contribution in [0.25, 0.3) is 0 Å². The Labute approximate surface area is 111 Å². The molecule has 0 radical (unpaired) electrons. The van der Waals surface area contributed by atoms with Crippen LogP contribution in [0.4, 0.5) is 4.39 Å². The van der Waals surface area contributed by atoms with Crippen LogP contribution in [0.2, 0.25) is 0 Å². The fourth-order valence-electron chi connectivity index (χ4n) is 2.06. The van der Waals surface area contributed by atoms with E-state index in [4.69, 9.17) is 0 Å². The van der Waals surface area contributed by atoms with Gasteiger partial charge in [0.1, 0.15) is 5.82 Å². The van der Waals surface area contributed by atoms with E-state index in [0.29, 0.717) is 16.3 Å². The number of halogens is 2. The van der Waals surface area contributed by atoms with Gasteiger partial charge in [-0.2, -0.15) is 0 Å². The van der Waals surface area contributed by atoms with E-state index in [2.05, 4.69) is 42.0 Å². The van der Waals surface area contributed by atoms with Gasteiger partial charge in [0, 0.05) is 5.54 Å². The van der Waals surface area contributed by atoms with E-state index in [1.807, 2.05) is 12.1 Å². The summed E-state index contributed by atoms with van der Waals surface area (Å²) in [5.74, 6) is 1.12. The van der Waals surface area contributed by atoms with E-state index in [9.17, 15) is 4.39 Å². The van der Waals surface area contributed by atoms with Gasteiger partial charge in [0.25, 0.3) is 0 Å². The molecule has 0 spiro atoms. The predicted molar refractivity (Wildman–Crippen MR) is 72.7 cm³/mol. The Morgan fingerprint density at radius 3 is 2.71 bits per heavy atom. The van der Waals surface area contributed by atoms with Crippen LogP contribution in [0.1, 0.15) is 38.7 Å². The molecule has 94 valence electrons. The zero-order valence-corrected chi connectivity index (χ0v) is 12.1. The Kier molecular flexibility index (Phi) is 3.60. The standard InChI is InChI=1S/C14H19BrFN/c1-14(2,3)17-8-10-6-11(10)9-4-5-13(16)12(15)7-9/h4-5,7,10-11,17H,6,8H2,1-3H3. The predicted octanol–water partition coefficient (Wildman–Crippen LogP) is 4.08. The van der Waals surface area contributed by atoms with Gasteiger partial charge in [-0.1, -0.05) is 6.07 Å². The average Bonchev–Trinajstić information content (AvgIpc) is 2.97. The van der Waals surface area contributed by atoms with Gasteiger partial charge in [-0.15, -0.1) is 0 Å². The smallest absolute Gasteiger partial charge is 0.137 e. The maximum Gasteiger partial charge on any atom is 0.137 e. The number of benzene rings is 1. The Morgan fingerprint density at radius 1 is 1.41 bits per heavy atom. The summed E-state index contributed by atoms with van der Waals surface area (Å²) >= 11 is 3.24. The summed E-state index contributed by atoms with van der Waals surface area (Å²) in [5, 5.41) is 3.52. The molecule has 3 heteroatoms. The van der Waals surface area contributed by atoms with Crippen molar-refractivity contribution in [2.45, 2.75) is 38.6 Å². The lowest BCUT2D eigenvalue weighted by atomic mass is 10.1. The van der Waals surface area contributed by atoms with Gasteiger partial charge in [-0.05, 0) is 79.2 Å². The highest BCUT2D eigenvalue weighted by atomic mass is 79.9. The molecule has 1 aliphatic rings. The third kappa shape index (κ3) is 3.52. The average molecular weight is 300 g/mol. The molecule has 17 heavy (non-hydrogen) atoms. The summed E-state index contributed by atoms with van der Waals surface area (Å²) in [6, 6.07) is 5.37. The van der Waals surface area contributed by atoms with Crippen LogP contribution in [0, 0.1) is 11.7 Å². The van der Waals surface area contributed by atoms with Crippen LogP contribution in [0.3, 0.4) is 0 Å². The molecular weight excluding hydrogens is 281 g/mol. The minimum Gasteiger partial charge on any atom is -0.312 e. The monoisotopic (exact) mass is 299 g/mol. The third-order valence-corrected chi connectivity index (χ3v) is 3.80. The first kappa shape index (κ1) is 13.0. The van der Waals surface area contributed by atoms with Crippen LogP contribution in [-0.2, 0) is 0 Å². The Morgan fingerprint density at radius 2 is 2.12 bits per heavy atom. The van der Waals surface area contributed by atoms with Crippen LogP contribution in [-0.4, -0.2) is 12.1 Å². The minimum atomic E-state index is -0.182. The van der Waals surface area contributed by atoms with Gasteiger partial charge >= 0.3 is 0 Å². The first-order chi connectivity index (χ1) is 7.87. The fourth-order valence-corrected chi connectivity index (χ4v) is 2.46. The van der Waals surface area contributed by atoms with Gasteiger partial charge in [0.2, 0.25) is 0 Å². The first-order valence-electron chi connectivity index (χ1n) is 6.07. The van der Waals surface area contributed by atoms with Crippen LogP contribution < -0.4 is 5.32 Å². The molecule has 0 heterocycles. The first-order valence-corrected chi connectivity index (χ1v) is 6.86. The van der Waals surface area contributed by atoms with E-state index in [1.165, 1.54) is 12.0 Å². The van der Waals surface area contributed by atoms with Gasteiger partial charge in [-0.3, -0.25) is 0 Å². The highest BCUT2D eigenvalue weighted by molar-refractivity contribution is 9.10. The molecule has 1 aliphatic carbocycles. The van der Waals surface area contributed by atoms with Crippen LogP contribution in [0.15, 0.2) is 22.7 Å². The topological polar surface area (TPSA) is 12.0 Å². The van der Waals surface area contributed by atoms with Crippen LogP contribution >= 0.6 is 15.9 Å². The van der Waals surface area contributed by atoms with Crippen molar-refractivity contribution >= 4 is 15.9 Å². The molecule has 2 unspecified atom stereocenters. The summed E-state index contributed by atoms with van der Waals surface area (Å²) in [6.07, 6.45) is 1.21. The van der Waals surface area contributed by atoms with Crippen molar-refractivity contribution in [3.8, 4) is 0 Å². The molecule has 0 amide bonds. The molecule has 0 aromatic heterocycles. The summed E-state index contributed by atoms with van der Waals surface area (Å²) < 4.78 is 13.7. The summed E-state index contributed by atoms with van der Waals surface area (Å²) in [4.78, 5) is 0. The van der Waals surface area contributed by atoms with Crippen molar-refractivity contribution in [1.29, 1.82) is 0 Å². The fraction of sp³-hybridized carbons (Fsp3) is 0.571. The van der Waals surface area contributed by atoms with Gasteiger partial charge in [-0.25, -0.2) is 4.39 Å². The Bertz CT molecular complexity index is 411. The number of hydrogen-bond donors (Lipinski definition) is 1. The second kappa shape index (κ2) is 4.69. The lowest BCUT2D eigenvalue weighted by Gasteiger charge is -2.20. The quantitative estimate of drug-likeness (QED) is 0.887. The van der Waals surface area contributed by atoms with Gasteiger partial charge in [0.15, 0.2) is 0 Å². The Hall–Kier alpha value is -0.410. The molecule has 0 aliphatic heterocycles. The van der Waals surface area contributed by atoms with Crippen molar-refractivity contribution in [1.82, 2.24) is 5.32 Å². The maximum atomic E-state index is 13.1. The van der Waals surface area contributed by atoms with Crippen molar-refractivity contribution in [2.24, 2.45) is 5.92 Å². The molecular formula is C14H19BrFN. The third-order valence-electron chi connectivity index (χ3n) is 3.19. The molecule has 0 bridgehead atoms. The van der Waals surface area contributed by atoms with E-state index in [0.717, 1.165) is 6.54 Å². The zero-order valence-electron chi connectivity index (χ0n) is 10.6. The molecule has 1 N–H and O–H groups in total. The van der Waals surface area contributed by atoms with Gasteiger partial charge in [0.05, 0.1) is 4.47 Å². The van der Waals surface area contributed by atoms with E-state index in [1.54, 1.807) is 6.07 Å². The van der Waals surface area contributed by atoms with Crippen molar-refractivity contribution in [3.05, 3.63) is 34.1 Å². The second-order valence-electron chi connectivity index (χ2n) is 5.91. The van der Waals surface area contributed by atoms with E-state index in [-0.39, 0.29) is 11.4 Å². The lowest BCUT2D eigenvalue weighted by Crippen LogP contribution is -2.37. The van der Waals surface area contributed by atoms with E-state index >= 15 is 0 Å². The lowest BCUT2D eigenvalue weighted by molar-refractivity contribution is 0.414. The van der Waals surface area contributed by atoms with Crippen molar-refractivity contribution in [2.75, 3.05) is 6.54 Å². The summed E-state index contributed by atoms with van der Waals surface area (Å²) in [6.45, 7) is 7.58. The van der Waals surface area contributed by atoms with Crippen LogP contribution in [0.5, 0.6) is 0 Å². The normalized spacial score (nSPS) is 23.8. The van der Waals surface area contributed by atoms with E-state index < -0.39 is 0 Å². The second-order valence-corrected chi connectivity index (χ2v) is 6.76. The molecule has 1 saturated carbocycles. The molecule has 1 aromatic rings. The van der Waals surface area contributed by atoms with Crippen molar-refractivity contribution in [3.63, 3.8) is 0 Å². The molecule has 2 rings (SSSR count). The maximum absolute atomic E-state index is 13.1. The molecule has 1 aromatic carbocycles. The minimum absolute atomic E-state index is 0.177. The highest BCUT2D eigenvalue weighted by Crippen LogP contribution is 2.47. The SMILES string of the molecule is CC(C)(C)NCC1CC1c1ccc(F)c(Br)c1. The summed E-state index contributed by atoms with van der Waals surface area (Å²) in [7, 11) is 0. The zero-order chi connectivity index (χ0) is 12.6. The molecule has 0 saturated heterocycles. The Balaban J connectivity index is 1.92. The number of hydrogen-bond acceptors (Lipinski definition) is 1. The largest absolute Gasteiger partial charge is 0.312 e. The molecule has 2 atom stereocenters.